The highest BCUT2D eigenvalue weighted by Gasteiger charge is 2.40. The maximum absolute atomic E-state index is 13.0. The number of hydroxylamine groups is 2. The molecule has 0 N–H and O–H groups in total. The Balaban J connectivity index is 1.38. The molecule has 0 saturated carbocycles. The number of benzene rings is 2. The summed E-state index contributed by atoms with van der Waals surface area (Å²) in [5.41, 5.74) is 1.06. The van der Waals surface area contributed by atoms with Gasteiger partial charge in [0.25, 0.3) is 11.8 Å². The molecule has 2 aliphatic rings. The van der Waals surface area contributed by atoms with Gasteiger partial charge in [-0.2, -0.15) is 0 Å². The summed E-state index contributed by atoms with van der Waals surface area (Å²) in [5.74, 6) is -3.27. The lowest BCUT2D eigenvalue weighted by molar-refractivity contribution is -0.175. The molecule has 1 unspecified atom stereocenters. The number of rotatable bonds is 4. The summed E-state index contributed by atoms with van der Waals surface area (Å²) in [6, 6.07) is 11.9. The monoisotopic (exact) mass is 410 g/mol. The fraction of sp³-hybridized carbons (Fsp3) is 0.273. The van der Waals surface area contributed by atoms with Crippen LogP contribution in [0.5, 0.6) is 0 Å². The average molecular weight is 410 g/mol. The number of nitrogens with zero attached hydrogens (tertiary/aromatic N) is 2. The van der Waals surface area contributed by atoms with Crippen molar-refractivity contribution in [3.8, 4) is 0 Å². The summed E-state index contributed by atoms with van der Waals surface area (Å²) in [5, 5.41) is 0.492. The van der Waals surface area contributed by atoms with Gasteiger partial charge >= 0.3 is 5.97 Å². The lowest BCUT2D eigenvalue weighted by Crippen LogP contribution is -2.45. The van der Waals surface area contributed by atoms with Crippen molar-refractivity contribution in [1.29, 1.82) is 0 Å². The first kappa shape index (κ1) is 19.8. The molecule has 8 heteroatoms. The molecule has 0 radical (unpaired) electrons. The van der Waals surface area contributed by atoms with Gasteiger partial charge in [-0.15, -0.1) is 0 Å². The number of halogens is 1. The second-order valence-corrected chi connectivity index (χ2v) is 7.34. The van der Waals surface area contributed by atoms with Crippen molar-refractivity contribution in [2.24, 2.45) is 5.92 Å². The van der Waals surface area contributed by atoms with Gasteiger partial charge in [-0.25, -0.2) is 9.18 Å². The van der Waals surface area contributed by atoms with Gasteiger partial charge in [0.1, 0.15) is 5.82 Å². The zero-order valence-electron chi connectivity index (χ0n) is 16.0. The second kappa shape index (κ2) is 8.06. The van der Waals surface area contributed by atoms with Gasteiger partial charge in [-0.3, -0.25) is 14.4 Å². The molecule has 4 rings (SSSR count). The summed E-state index contributed by atoms with van der Waals surface area (Å²) in [4.78, 5) is 56.6. The molecule has 2 aromatic carbocycles. The third-order valence-corrected chi connectivity index (χ3v) is 5.31. The van der Waals surface area contributed by atoms with Gasteiger partial charge in [0, 0.05) is 13.1 Å². The standard InChI is InChI=1S/C22H19FN2O5/c23-16-9-7-14(8-10-16)12-19(26)24-11-3-4-15(13-24)22(29)30-25-20(27)17-5-1-2-6-18(17)21(25)28/h1-2,5-10,15H,3-4,11-13H2. The van der Waals surface area contributed by atoms with Crippen molar-refractivity contribution in [2.75, 3.05) is 13.1 Å². The fourth-order valence-electron chi connectivity index (χ4n) is 3.70. The minimum absolute atomic E-state index is 0.0977. The highest BCUT2D eigenvalue weighted by molar-refractivity contribution is 6.20. The van der Waals surface area contributed by atoms with Crippen LogP contribution in [0.25, 0.3) is 0 Å². The Kier molecular flexibility index (Phi) is 5.31. The number of fused-ring (bicyclic) bond motifs is 1. The van der Waals surface area contributed by atoms with E-state index in [1.807, 2.05) is 0 Å². The van der Waals surface area contributed by atoms with Crippen LogP contribution >= 0.6 is 0 Å². The molecule has 2 aliphatic heterocycles. The first-order chi connectivity index (χ1) is 14.4. The zero-order valence-corrected chi connectivity index (χ0v) is 16.0. The van der Waals surface area contributed by atoms with Crippen LogP contribution in [0, 0.1) is 11.7 Å². The van der Waals surface area contributed by atoms with E-state index in [0.29, 0.717) is 30.0 Å². The van der Waals surface area contributed by atoms with Gasteiger partial charge < -0.3 is 9.74 Å². The summed E-state index contributed by atoms with van der Waals surface area (Å²) < 4.78 is 13.0. The topological polar surface area (TPSA) is 84.0 Å². The molecule has 154 valence electrons. The molecule has 0 aromatic heterocycles. The maximum Gasteiger partial charge on any atom is 0.338 e. The van der Waals surface area contributed by atoms with Gasteiger partial charge in [-0.1, -0.05) is 29.3 Å². The van der Waals surface area contributed by atoms with E-state index in [-0.39, 0.29) is 35.8 Å². The van der Waals surface area contributed by atoms with E-state index < -0.39 is 23.7 Å². The van der Waals surface area contributed by atoms with Crippen LogP contribution in [-0.4, -0.2) is 46.7 Å². The van der Waals surface area contributed by atoms with Crippen molar-refractivity contribution in [3.05, 3.63) is 71.0 Å². The van der Waals surface area contributed by atoms with Crippen molar-refractivity contribution in [1.82, 2.24) is 9.96 Å². The van der Waals surface area contributed by atoms with Crippen LogP contribution in [0.15, 0.2) is 48.5 Å². The maximum atomic E-state index is 13.0. The SMILES string of the molecule is O=C(ON1C(=O)c2ccccc2C1=O)C1CCCN(C(=O)Cc2ccc(F)cc2)C1. The van der Waals surface area contributed by atoms with Crippen LogP contribution in [0.3, 0.4) is 0 Å². The number of carbonyl (C=O) groups excluding carboxylic acids is 4. The van der Waals surface area contributed by atoms with Gasteiger partial charge in [0.2, 0.25) is 5.91 Å². The van der Waals surface area contributed by atoms with Crippen molar-refractivity contribution in [3.63, 3.8) is 0 Å². The van der Waals surface area contributed by atoms with E-state index in [2.05, 4.69) is 0 Å². The van der Waals surface area contributed by atoms with Crippen LogP contribution in [0.2, 0.25) is 0 Å². The van der Waals surface area contributed by atoms with E-state index in [1.54, 1.807) is 29.2 Å². The van der Waals surface area contributed by atoms with Crippen LogP contribution in [-0.2, 0) is 20.8 Å². The Morgan fingerprint density at radius 1 is 1.00 bits per heavy atom. The number of amides is 3. The van der Waals surface area contributed by atoms with E-state index in [9.17, 15) is 23.6 Å². The molecule has 2 heterocycles. The average Bonchev–Trinajstić information content (AvgIpc) is 3.00. The molecule has 0 bridgehead atoms. The van der Waals surface area contributed by atoms with E-state index in [4.69, 9.17) is 4.84 Å². The third-order valence-electron chi connectivity index (χ3n) is 5.31. The Hall–Kier alpha value is -3.55. The lowest BCUT2D eigenvalue weighted by atomic mass is 9.97. The molecule has 2 aromatic rings. The molecule has 1 fully saturated rings. The Labute approximate surface area is 172 Å². The number of imide groups is 1. The Morgan fingerprint density at radius 3 is 2.27 bits per heavy atom. The summed E-state index contributed by atoms with van der Waals surface area (Å²) in [6.45, 7) is 0.638. The first-order valence-corrected chi connectivity index (χ1v) is 9.66. The molecule has 1 atom stereocenters. The third kappa shape index (κ3) is 3.80. The van der Waals surface area contributed by atoms with Gasteiger partial charge in [0.05, 0.1) is 23.5 Å². The van der Waals surface area contributed by atoms with Crippen molar-refractivity contribution in [2.45, 2.75) is 19.3 Å². The quantitative estimate of drug-likeness (QED) is 0.723. The Bertz CT molecular complexity index is 985. The van der Waals surface area contributed by atoms with Crippen LogP contribution in [0.4, 0.5) is 4.39 Å². The van der Waals surface area contributed by atoms with Crippen LogP contribution < -0.4 is 0 Å². The van der Waals surface area contributed by atoms with Crippen molar-refractivity contribution >= 4 is 23.7 Å². The van der Waals surface area contributed by atoms with E-state index in [1.165, 1.54) is 24.3 Å². The highest BCUT2D eigenvalue weighted by Crippen LogP contribution is 2.25. The number of hydrogen-bond acceptors (Lipinski definition) is 5. The number of piperidine rings is 1. The summed E-state index contributed by atoms with van der Waals surface area (Å²) in [6.07, 6.45) is 1.18. The predicted octanol–water partition coefficient (Wildman–Crippen LogP) is 2.36. The lowest BCUT2D eigenvalue weighted by Gasteiger charge is -2.32. The number of hydrogen-bond donors (Lipinski definition) is 0. The largest absolute Gasteiger partial charge is 0.342 e. The highest BCUT2D eigenvalue weighted by atomic mass is 19.1. The summed E-state index contributed by atoms with van der Waals surface area (Å²) in [7, 11) is 0. The normalized spacial score (nSPS) is 18.4. The minimum atomic E-state index is -0.719. The molecule has 3 amide bonds. The molecular formula is C22H19FN2O5. The predicted molar refractivity (Wildman–Crippen MR) is 102 cm³/mol. The number of likely N-dealkylation sites (tertiary alicyclic amines) is 1. The van der Waals surface area contributed by atoms with E-state index in [0.717, 1.165) is 0 Å². The molecular weight excluding hydrogens is 391 g/mol. The van der Waals surface area contributed by atoms with Crippen LogP contribution in [0.1, 0.15) is 39.1 Å². The summed E-state index contributed by atoms with van der Waals surface area (Å²) >= 11 is 0. The second-order valence-electron chi connectivity index (χ2n) is 7.34. The molecule has 0 spiro atoms. The smallest absolute Gasteiger partial charge is 0.338 e. The minimum Gasteiger partial charge on any atom is -0.342 e. The molecule has 0 aliphatic carbocycles. The zero-order chi connectivity index (χ0) is 21.3. The van der Waals surface area contributed by atoms with Crippen molar-refractivity contribution < 1.29 is 28.4 Å². The fourth-order valence-corrected chi connectivity index (χ4v) is 3.70. The number of carbonyl (C=O) groups is 4. The first-order valence-electron chi connectivity index (χ1n) is 9.66. The molecule has 1 saturated heterocycles. The van der Waals surface area contributed by atoms with Gasteiger partial charge in [0.15, 0.2) is 0 Å². The van der Waals surface area contributed by atoms with Gasteiger partial charge in [-0.05, 0) is 42.7 Å². The van der Waals surface area contributed by atoms with E-state index >= 15 is 0 Å². The Morgan fingerprint density at radius 2 is 1.63 bits per heavy atom. The molecule has 30 heavy (non-hydrogen) atoms. The molecule has 7 nitrogen and oxygen atoms in total.